The van der Waals surface area contributed by atoms with E-state index in [4.69, 9.17) is 9.47 Å². The van der Waals surface area contributed by atoms with E-state index in [0.29, 0.717) is 29.8 Å². The molecule has 0 N–H and O–H groups in total. The molecular formula is C29H27NO3. The van der Waals surface area contributed by atoms with E-state index in [0.717, 1.165) is 34.5 Å². The van der Waals surface area contributed by atoms with Crippen LogP contribution in [0.2, 0.25) is 0 Å². The number of ketones is 1. The molecule has 0 amide bonds. The molecule has 3 aliphatic rings. The number of carbonyl (C=O) groups is 1. The summed E-state index contributed by atoms with van der Waals surface area (Å²) in [6.45, 7) is 3.35. The molecule has 0 bridgehead atoms. The van der Waals surface area contributed by atoms with Crippen LogP contribution in [0.3, 0.4) is 0 Å². The normalized spacial score (nSPS) is 19.3. The van der Waals surface area contributed by atoms with E-state index in [1.54, 1.807) is 0 Å². The van der Waals surface area contributed by atoms with Crippen LogP contribution < -0.4 is 9.47 Å². The average molecular weight is 438 g/mol. The highest BCUT2D eigenvalue weighted by atomic mass is 16.5. The largest absolute Gasteiger partial charge is 0.478 e. The lowest BCUT2D eigenvalue weighted by molar-refractivity contribution is 0.0567. The molecule has 0 atom stereocenters. The number of nitrogens with zero attached hydrogens (tertiary/aromatic N) is 1. The molecule has 0 aromatic heterocycles. The number of aryl methyl sites for hydroxylation is 1. The molecule has 33 heavy (non-hydrogen) atoms. The van der Waals surface area contributed by atoms with Gasteiger partial charge in [-0.2, -0.15) is 0 Å². The summed E-state index contributed by atoms with van der Waals surface area (Å²) < 4.78 is 12.3. The number of hydrogen-bond donors (Lipinski definition) is 0. The fraction of sp³-hybridized carbons (Fsp3) is 0.276. The maximum Gasteiger partial charge on any atom is 0.232 e. The van der Waals surface area contributed by atoms with E-state index in [1.807, 2.05) is 49.4 Å². The van der Waals surface area contributed by atoms with E-state index in [1.165, 1.54) is 31.2 Å². The van der Waals surface area contributed by atoms with Crippen molar-refractivity contribution < 1.29 is 14.3 Å². The monoisotopic (exact) mass is 437 g/mol. The van der Waals surface area contributed by atoms with Gasteiger partial charge < -0.3 is 9.47 Å². The first-order valence-electron chi connectivity index (χ1n) is 11.8. The Labute approximate surface area is 194 Å². The maximum atomic E-state index is 13.3. The molecular weight excluding hydrogens is 410 g/mol. The van der Waals surface area contributed by atoms with Gasteiger partial charge in [0.25, 0.3) is 0 Å². The quantitative estimate of drug-likeness (QED) is 0.446. The Morgan fingerprint density at radius 3 is 2.45 bits per heavy atom. The van der Waals surface area contributed by atoms with Crippen molar-refractivity contribution in [1.82, 2.24) is 4.90 Å². The topological polar surface area (TPSA) is 38.8 Å². The van der Waals surface area contributed by atoms with Crippen molar-refractivity contribution in [2.75, 3.05) is 6.73 Å². The third-order valence-electron chi connectivity index (χ3n) is 7.11. The van der Waals surface area contributed by atoms with Gasteiger partial charge in [-0.3, -0.25) is 9.69 Å². The van der Waals surface area contributed by atoms with Crippen LogP contribution in [-0.4, -0.2) is 23.5 Å². The molecule has 4 heteroatoms. The summed E-state index contributed by atoms with van der Waals surface area (Å²) >= 11 is 0. The van der Waals surface area contributed by atoms with Gasteiger partial charge in [-0.25, -0.2) is 0 Å². The van der Waals surface area contributed by atoms with E-state index >= 15 is 0 Å². The van der Waals surface area contributed by atoms with Crippen molar-refractivity contribution in [1.29, 1.82) is 0 Å². The molecule has 3 aromatic carbocycles. The molecule has 3 aromatic rings. The van der Waals surface area contributed by atoms with Gasteiger partial charge in [0.05, 0.1) is 11.1 Å². The minimum Gasteiger partial charge on any atom is -0.478 e. The Bertz CT molecular complexity index is 1240. The third kappa shape index (κ3) is 3.65. The predicted octanol–water partition coefficient (Wildman–Crippen LogP) is 6.37. The molecule has 2 aliphatic heterocycles. The first-order chi connectivity index (χ1) is 16.2. The molecule has 0 unspecified atom stereocenters. The highest BCUT2D eigenvalue weighted by Gasteiger charge is 2.37. The minimum absolute atomic E-state index is 0.0459. The smallest absolute Gasteiger partial charge is 0.232 e. The molecule has 6 rings (SSSR count). The number of fused-ring (bicyclic) bond motifs is 3. The van der Waals surface area contributed by atoms with Crippen LogP contribution >= 0.6 is 0 Å². The van der Waals surface area contributed by atoms with Crippen molar-refractivity contribution >= 4 is 11.9 Å². The zero-order chi connectivity index (χ0) is 22.4. The molecule has 1 aliphatic carbocycles. The van der Waals surface area contributed by atoms with Crippen LogP contribution in [0.4, 0.5) is 0 Å². The number of hydrogen-bond acceptors (Lipinski definition) is 4. The summed E-state index contributed by atoms with van der Waals surface area (Å²) in [5, 5.41) is 0. The molecule has 1 saturated carbocycles. The summed E-state index contributed by atoms with van der Waals surface area (Å²) in [5.41, 5.74) is 5.86. The summed E-state index contributed by atoms with van der Waals surface area (Å²) in [4.78, 5) is 15.7. The van der Waals surface area contributed by atoms with Gasteiger partial charge in [0.15, 0.2) is 5.76 Å². The van der Waals surface area contributed by atoms with Gasteiger partial charge in [0.2, 0.25) is 5.78 Å². The number of allylic oxidation sites excluding steroid dienone is 1. The lowest BCUT2D eigenvalue weighted by Crippen LogP contribution is -2.39. The van der Waals surface area contributed by atoms with E-state index in [2.05, 4.69) is 29.2 Å². The van der Waals surface area contributed by atoms with Crippen molar-refractivity contribution in [3.8, 4) is 22.6 Å². The molecule has 0 radical (unpaired) electrons. The van der Waals surface area contributed by atoms with Crippen molar-refractivity contribution in [3.05, 3.63) is 88.7 Å². The Morgan fingerprint density at radius 1 is 0.970 bits per heavy atom. The maximum absolute atomic E-state index is 13.3. The molecule has 0 saturated heterocycles. The number of benzene rings is 3. The number of rotatable bonds is 3. The van der Waals surface area contributed by atoms with Crippen LogP contribution in [0, 0.1) is 6.92 Å². The second-order valence-corrected chi connectivity index (χ2v) is 9.26. The van der Waals surface area contributed by atoms with Crippen LogP contribution in [-0.2, 0) is 6.54 Å². The summed E-state index contributed by atoms with van der Waals surface area (Å²) in [6, 6.07) is 21.1. The van der Waals surface area contributed by atoms with Gasteiger partial charge in [0.1, 0.15) is 18.2 Å². The van der Waals surface area contributed by atoms with Crippen molar-refractivity contribution in [3.63, 3.8) is 0 Å². The number of Topliss-reactive ketones (excluding diaryl/α,β-unsaturated/α-hetero) is 1. The zero-order valence-corrected chi connectivity index (χ0v) is 18.8. The van der Waals surface area contributed by atoms with Crippen molar-refractivity contribution in [2.24, 2.45) is 0 Å². The van der Waals surface area contributed by atoms with Gasteiger partial charge in [-0.1, -0.05) is 67.4 Å². The molecule has 4 nitrogen and oxygen atoms in total. The second kappa shape index (κ2) is 8.20. The van der Waals surface area contributed by atoms with Crippen LogP contribution in [0.25, 0.3) is 17.2 Å². The lowest BCUT2D eigenvalue weighted by atomic mass is 9.98. The molecule has 2 heterocycles. The summed E-state index contributed by atoms with van der Waals surface area (Å²) in [5.74, 6) is 1.87. The SMILES string of the molecule is Cc1cc2c(c3c1C(=O)/C(=C/c1ccc(-c4ccccc4)cc1)O3)CN(C1CCCC1)CO2. The van der Waals surface area contributed by atoms with E-state index in [9.17, 15) is 4.79 Å². The zero-order valence-electron chi connectivity index (χ0n) is 18.8. The fourth-order valence-electron chi connectivity index (χ4n) is 5.30. The van der Waals surface area contributed by atoms with Crippen LogP contribution in [0.5, 0.6) is 11.5 Å². The average Bonchev–Trinajstić information content (AvgIpc) is 3.49. The van der Waals surface area contributed by atoms with Crippen LogP contribution in [0.1, 0.15) is 52.7 Å². The molecule has 1 fully saturated rings. The Hall–Kier alpha value is -3.37. The molecule has 166 valence electrons. The van der Waals surface area contributed by atoms with Gasteiger partial charge in [0, 0.05) is 12.6 Å². The van der Waals surface area contributed by atoms with Gasteiger partial charge >= 0.3 is 0 Å². The summed E-state index contributed by atoms with van der Waals surface area (Å²) in [6.07, 6.45) is 6.85. The Balaban J connectivity index is 1.30. The Kier molecular flexibility index (Phi) is 5.03. The van der Waals surface area contributed by atoms with E-state index in [-0.39, 0.29) is 5.78 Å². The Morgan fingerprint density at radius 2 is 1.70 bits per heavy atom. The lowest BCUT2D eigenvalue weighted by Gasteiger charge is -2.34. The highest BCUT2D eigenvalue weighted by molar-refractivity contribution is 6.15. The van der Waals surface area contributed by atoms with E-state index < -0.39 is 0 Å². The van der Waals surface area contributed by atoms with Crippen molar-refractivity contribution in [2.45, 2.75) is 45.2 Å². The second-order valence-electron chi connectivity index (χ2n) is 9.26. The standard InChI is InChI=1S/C29H27NO3/c1-19-15-25-24(17-30(18-32-25)23-9-5-6-10-23)29-27(19)28(31)26(33-29)16-20-11-13-22(14-12-20)21-7-3-2-4-8-21/h2-4,7-8,11-16,23H,5-6,9-10,17-18H2,1H3/b26-16-. The first kappa shape index (κ1) is 20.3. The summed E-state index contributed by atoms with van der Waals surface area (Å²) in [7, 11) is 0. The third-order valence-corrected chi connectivity index (χ3v) is 7.11. The fourth-order valence-corrected chi connectivity index (χ4v) is 5.30. The first-order valence-corrected chi connectivity index (χ1v) is 11.8. The number of carbonyl (C=O) groups excluding carboxylic acids is 1. The van der Waals surface area contributed by atoms with Gasteiger partial charge in [-0.05, 0) is 54.2 Å². The number of ether oxygens (including phenoxy) is 2. The predicted molar refractivity (Wildman–Crippen MR) is 129 cm³/mol. The minimum atomic E-state index is -0.0459. The highest BCUT2D eigenvalue weighted by Crippen LogP contribution is 2.45. The van der Waals surface area contributed by atoms with Gasteiger partial charge in [-0.15, -0.1) is 0 Å². The molecule has 0 spiro atoms. The van der Waals surface area contributed by atoms with Crippen LogP contribution in [0.15, 0.2) is 66.4 Å².